The smallest absolute Gasteiger partial charge is 0.0649 e. The first-order valence-electron chi connectivity index (χ1n) is 7.57. The molecule has 0 aliphatic heterocycles. The molecular formula is C17H25N3O. The Morgan fingerprint density at radius 3 is 2.43 bits per heavy atom. The van der Waals surface area contributed by atoms with E-state index in [1.54, 1.807) is 0 Å². The molecule has 2 N–H and O–H groups in total. The summed E-state index contributed by atoms with van der Waals surface area (Å²) >= 11 is 0. The van der Waals surface area contributed by atoms with Crippen molar-refractivity contribution in [1.82, 2.24) is 9.78 Å². The zero-order valence-corrected chi connectivity index (χ0v) is 13.3. The lowest BCUT2D eigenvalue weighted by atomic mass is 10.1. The molecule has 0 aliphatic carbocycles. The van der Waals surface area contributed by atoms with Crippen molar-refractivity contribution in [3.05, 3.63) is 46.8 Å². The lowest BCUT2D eigenvalue weighted by Crippen LogP contribution is -2.09. The summed E-state index contributed by atoms with van der Waals surface area (Å²) in [7, 11) is 0. The van der Waals surface area contributed by atoms with Crippen molar-refractivity contribution in [3.63, 3.8) is 0 Å². The molecule has 21 heavy (non-hydrogen) atoms. The molecule has 1 aromatic heterocycles. The second kappa shape index (κ2) is 6.76. The summed E-state index contributed by atoms with van der Waals surface area (Å²) in [6.07, 6.45) is 0.706. The first kappa shape index (κ1) is 15.6. The molecule has 0 radical (unpaired) electrons. The number of anilines is 1. The van der Waals surface area contributed by atoms with Crippen LogP contribution < -0.4 is 5.32 Å². The number of hydrogen-bond donors (Lipinski definition) is 2. The van der Waals surface area contributed by atoms with Crippen molar-refractivity contribution < 1.29 is 5.11 Å². The van der Waals surface area contributed by atoms with E-state index in [2.05, 4.69) is 62.4 Å². The largest absolute Gasteiger partial charge is 0.396 e. The highest BCUT2D eigenvalue weighted by Gasteiger charge is 2.16. The summed E-state index contributed by atoms with van der Waals surface area (Å²) in [6.45, 7) is 9.56. The lowest BCUT2D eigenvalue weighted by Gasteiger charge is -2.16. The third-order valence-corrected chi connectivity index (χ3v) is 3.91. The van der Waals surface area contributed by atoms with Crippen LogP contribution in [0.25, 0.3) is 0 Å². The highest BCUT2D eigenvalue weighted by molar-refractivity contribution is 5.47. The molecule has 0 saturated heterocycles. The maximum atomic E-state index is 8.94. The quantitative estimate of drug-likeness (QED) is 0.857. The van der Waals surface area contributed by atoms with Gasteiger partial charge in [-0.15, -0.1) is 0 Å². The summed E-state index contributed by atoms with van der Waals surface area (Å²) in [5, 5.41) is 17.1. The average molecular weight is 287 g/mol. The van der Waals surface area contributed by atoms with Crippen molar-refractivity contribution in [3.8, 4) is 0 Å². The molecular weight excluding hydrogens is 262 g/mol. The van der Waals surface area contributed by atoms with Gasteiger partial charge in [0.2, 0.25) is 0 Å². The SMILES string of the molecule is CCn1nc(C)c(C(C)Nc2ccc(CCO)cc2)c1C. The minimum absolute atomic E-state index is 0.192. The molecule has 114 valence electrons. The van der Waals surface area contributed by atoms with E-state index in [1.807, 2.05) is 4.68 Å². The van der Waals surface area contributed by atoms with Crippen molar-refractivity contribution in [1.29, 1.82) is 0 Å². The van der Waals surface area contributed by atoms with Crippen molar-refractivity contribution in [2.24, 2.45) is 0 Å². The summed E-state index contributed by atoms with van der Waals surface area (Å²) in [5.41, 5.74) is 5.84. The van der Waals surface area contributed by atoms with E-state index in [9.17, 15) is 0 Å². The molecule has 2 aromatic rings. The number of aliphatic hydroxyl groups is 1. The molecule has 0 aliphatic rings. The van der Waals surface area contributed by atoms with Crippen LogP contribution >= 0.6 is 0 Å². The summed E-state index contributed by atoms with van der Waals surface area (Å²) in [5.74, 6) is 0. The minimum Gasteiger partial charge on any atom is -0.396 e. The van der Waals surface area contributed by atoms with E-state index in [1.165, 1.54) is 11.3 Å². The van der Waals surface area contributed by atoms with E-state index >= 15 is 0 Å². The van der Waals surface area contributed by atoms with Gasteiger partial charge in [-0.1, -0.05) is 12.1 Å². The van der Waals surface area contributed by atoms with E-state index in [-0.39, 0.29) is 12.6 Å². The Hall–Kier alpha value is -1.81. The summed E-state index contributed by atoms with van der Waals surface area (Å²) in [6, 6.07) is 8.46. The molecule has 1 aromatic carbocycles. The van der Waals surface area contributed by atoms with Gasteiger partial charge in [0.25, 0.3) is 0 Å². The van der Waals surface area contributed by atoms with Crippen LogP contribution in [0.15, 0.2) is 24.3 Å². The third kappa shape index (κ3) is 3.45. The third-order valence-electron chi connectivity index (χ3n) is 3.91. The van der Waals surface area contributed by atoms with Crippen molar-refractivity contribution in [2.45, 2.75) is 46.7 Å². The first-order chi connectivity index (χ1) is 10.1. The van der Waals surface area contributed by atoms with Crippen molar-refractivity contribution in [2.75, 3.05) is 11.9 Å². The fourth-order valence-corrected chi connectivity index (χ4v) is 2.86. The molecule has 0 bridgehead atoms. The number of aromatic nitrogens is 2. The minimum atomic E-state index is 0.192. The van der Waals surface area contributed by atoms with Crippen LogP contribution in [0.4, 0.5) is 5.69 Å². The van der Waals surface area contributed by atoms with Gasteiger partial charge in [0, 0.05) is 30.1 Å². The van der Waals surface area contributed by atoms with Gasteiger partial charge in [0.1, 0.15) is 0 Å². The van der Waals surface area contributed by atoms with Gasteiger partial charge in [0.15, 0.2) is 0 Å². The van der Waals surface area contributed by atoms with Gasteiger partial charge in [-0.05, 0) is 51.8 Å². The van der Waals surface area contributed by atoms with Crippen LogP contribution in [0.1, 0.15) is 42.4 Å². The predicted molar refractivity (Wildman–Crippen MR) is 86.6 cm³/mol. The highest BCUT2D eigenvalue weighted by Crippen LogP contribution is 2.25. The van der Waals surface area contributed by atoms with Gasteiger partial charge in [-0.25, -0.2) is 0 Å². The van der Waals surface area contributed by atoms with Crippen LogP contribution in [-0.4, -0.2) is 21.5 Å². The monoisotopic (exact) mass is 287 g/mol. The van der Waals surface area contributed by atoms with Crippen LogP contribution in [0.2, 0.25) is 0 Å². The fraction of sp³-hybridized carbons (Fsp3) is 0.471. The highest BCUT2D eigenvalue weighted by atomic mass is 16.2. The molecule has 1 unspecified atom stereocenters. The lowest BCUT2D eigenvalue weighted by molar-refractivity contribution is 0.299. The second-order valence-corrected chi connectivity index (χ2v) is 5.44. The first-order valence-corrected chi connectivity index (χ1v) is 7.57. The number of aryl methyl sites for hydroxylation is 2. The van der Waals surface area contributed by atoms with E-state index in [0.717, 1.165) is 23.5 Å². The Bertz CT molecular complexity index is 587. The summed E-state index contributed by atoms with van der Waals surface area (Å²) in [4.78, 5) is 0. The maximum absolute atomic E-state index is 8.94. The number of benzene rings is 1. The zero-order valence-electron chi connectivity index (χ0n) is 13.3. The predicted octanol–water partition coefficient (Wildman–Crippen LogP) is 3.23. The second-order valence-electron chi connectivity index (χ2n) is 5.44. The standard InChI is InChI=1S/C17H25N3O/c1-5-20-14(4)17(13(3)19-20)12(2)18-16-8-6-15(7-9-16)10-11-21/h6-9,12,18,21H,5,10-11H2,1-4H3. The summed E-state index contributed by atoms with van der Waals surface area (Å²) < 4.78 is 2.05. The maximum Gasteiger partial charge on any atom is 0.0649 e. The molecule has 4 nitrogen and oxygen atoms in total. The van der Waals surface area contributed by atoms with Crippen LogP contribution in [0.3, 0.4) is 0 Å². The molecule has 0 amide bonds. The number of nitrogens with one attached hydrogen (secondary N) is 1. The molecule has 0 fully saturated rings. The van der Waals surface area contributed by atoms with Gasteiger partial charge in [-0.3, -0.25) is 4.68 Å². The van der Waals surface area contributed by atoms with Gasteiger partial charge in [-0.2, -0.15) is 5.10 Å². The van der Waals surface area contributed by atoms with Crippen LogP contribution in [-0.2, 0) is 13.0 Å². The molecule has 2 rings (SSSR count). The fourth-order valence-electron chi connectivity index (χ4n) is 2.86. The number of nitrogens with zero attached hydrogens (tertiary/aromatic N) is 2. The van der Waals surface area contributed by atoms with E-state index < -0.39 is 0 Å². The zero-order chi connectivity index (χ0) is 15.4. The normalized spacial score (nSPS) is 12.4. The Morgan fingerprint density at radius 2 is 1.90 bits per heavy atom. The molecule has 0 spiro atoms. The Kier molecular flexibility index (Phi) is 5.02. The Balaban J connectivity index is 2.14. The van der Waals surface area contributed by atoms with Crippen LogP contribution in [0.5, 0.6) is 0 Å². The molecule has 1 atom stereocenters. The van der Waals surface area contributed by atoms with E-state index in [4.69, 9.17) is 5.11 Å². The van der Waals surface area contributed by atoms with Gasteiger partial charge in [0.05, 0.1) is 11.7 Å². The van der Waals surface area contributed by atoms with Gasteiger partial charge >= 0.3 is 0 Å². The van der Waals surface area contributed by atoms with Gasteiger partial charge < -0.3 is 10.4 Å². The molecule has 4 heteroatoms. The topological polar surface area (TPSA) is 50.1 Å². The number of rotatable bonds is 6. The Labute approximate surface area is 126 Å². The van der Waals surface area contributed by atoms with E-state index in [0.29, 0.717) is 6.42 Å². The number of hydrogen-bond acceptors (Lipinski definition) is 3. The van der Waals surface area contributed by atoms with Crippen molar-refractivity contribution >= 4 is 5.69 Å². The molecule has 1 heterocycles. The Morgan fingerprint density at radius 1 is 1.24 bits per heavy atom. The number of aliphatic hydroxyl groups excluding tert-OH is 1. The molecule has 0 saturated carbocycles. The van der Waals surface area contributed by atoms with Crippen LogP contribution in [0, 0.1) is 13.8 Å². The average Bonchev–Trinajstić information content (AvgIpc) is 2.75.